The Labute approximate surface area is 124 Å². The Morgan fingerprint density at radius 2 is 2.00 bits per heavy atom. The number of carboxylic acids is 1. The van der Waals surface area contributed by atoms with Crippen molar-refractivity contribution in [2.45, 2.75) is 13.8 Å². The molecule has 1 amide bonds. The van der Waals surface area contributed by atoms with Gasteiger partial charge < -0.3 is 10.4 Å². The fourth-order valence-electron chi connectivity index (χ4n) is 1.63. The molecule has 2 rings (SSSR count). The fourth-order valence-corrected chi connectivity index (χ4v) is 3.29. The zero-order chi connectivity index (χ0) is 14.7. The summed E-state index contributed by atoms with van der Waals surface area (Å²) in [6.45, 7) is 3.74. The van der Waals surface area contributed by atoms with Gasteiger partial charge in [-0.3, -0.25) is 4.79 Å². The van der Waals surface area contributed by atoms with Crippen molar-refractivity contribution < 1.29 is 14.7 Å². The van der Waals surface area contributed by atoms with E-state index in [1.165, 1.54) is 6.08 Å². The van der Waals surface area contributed by atoms with Gasteiger partial charge in [0.25, 0.3) is 0 Å². The van der Waals surface area contributed by atoms with Gasteiger partial charge in [-0.2, -0.15) is 0 Å². The minimum Gasteiger partial charge on any atom is -0.477 e. The van der Waals surface area contributed by atoms with E-state index in [0.29, 0.717) is 5.69 Å². The number of nitrogens with one attached hydrogen (secondary N) is 1. The van der Waals surface area contributed by atoms with Crippen LogP contribution in [0.1, 0.15) is 25.7 Å². The van der Waals surface area contributed by atoms with E-state index in [4.69, 9.17) is 5.11 Å². The second kappa shape index (κ2) is 6.02. The molecule has 0 fully saturated rings. The maximum Gasteiger partial charge on any atom is 0.348 e. The first kappa shape index (κ1) is 14.5. The molecular weight excluding hydrogens is 294 g/mol. The molecule has 0 bridgehead atoms. The number of carboxylic acid groups (broad SMARTS) is 1. The number of thiophene rings is 2. The summed E-state index contributed by atoms with van der Waals surface area (Å²) in [5.74, 6) is -1.36. The molecule has 0 aliphatic heterocycles. The zero-order valence-corrected chi connectivity index (χ0v) is 12.6. The summed E-state index contributed by atoms with van der Waals surface area (Å²) >= 11 is 2.66. The van der Waals surface area contributed by atoms with Crippen LogP contribution in [0.3, 0.4) is 0 Å². The van der Waals surface area contributed by atoms with Crippen LogP contribution < -0.4 is 5.32 Å². The number of amides is 1. The lowest BCUT2D eigenvalue weighted by Gasteiger charge is -2.03. The highest BCUT2D eigenvalue weighted by molar-refractivity contribution is 7.12. The number of hydrogen-bond donors (Lipinski definition) is 2. The Hall–Kier alpha value is -1.92. The zero-order valence-electron chi connectivity index (χ0n) is 11.0. The van der Waals surface area contributed by atoms with Crippen molar-refractivity contribution in [3.63, 3.8) is 0 Å². The van der Waals surface area contributed by atoms with Crippen molar-refractivity contribution in [3.8, 4) is 0 Å². The predicted octanol–water partition coefficient (Wildman–Crippen LogP) is 3.78. The van der Waals surface area contributed by atoms with Crippen molar-refractivity contribution in [3.05, 3.63) is 43.8 Å². The first-order valence-corrected chi connectivity index (χ1v) is 7.59. The summed E-state index contributed by atoms with van der Waals surface area (Å²) in [6.07, 6.45) is 3.15. The van der Waals surface area contributed by atoms with Crippen LogP contribution in [0.2, 0.25) is 0 Å². The molecule has 4 nitrogen and oxygen atoms in total. The third kappa shape index (κ3) is 3.15. The van der Waals surface area contributed by atoms with Crippen molar-refractivity contribution in [2.75, 3.05) is 5.32 Å². The van der Waals surface area contributed by atoms with E-state index < -0.39 is 5.97 Å². The minimum atomic E-state index is -1.03. The SMILES string of the molecule is Cc1ccsc1/C=C/C(=O)Nc1c(C)csc1C(=O)O. The molecule has 0 radical (unpaired) electrons. The first-order chi connectivity index (χ1) is 9.49. The molecule has 0 unspecified atom stereocenters. The normalized spacial score (nSPS) is 10.9. The largest absolute Gasteiger partial charge is 0.477 e. The maximum absolute atomic E-state index is 11.9. The molecule has 0 saturated heterocycles. The molecule has 0 spiro atoms. The smallest absolute Gasteiger partial charge is 0.348 e. The number of hydrogen-bond acceptors (Lipinski definition) is 4. The lowest BCUT2D eigenvalue weighted by molar-refractivity contribution is -0.111. The molecule has 2 heterocycles. The van der Waals surface area contributed by atoms with Gasteiger partial charge in [-0.25, -0.2) is 4.79 Å². The second-order valence-corrected chi connectivity index (χ2v) is 6.05. The van der Waals surface area contributed by atoms with Gasteiger partial charge in [0.1, 0.15) is 4.88 Å². The predicted molar refractivity (Wildman–Crippen MR) is 82.7 cm³/mol. The van der Waals surface area contributed by atoms with Gasteiger partial charge in [0.2, 0.25) is 5.91 Å². The third-order valence-corrected chi connectivity index (χ3v) is 4.78. The molecule has 0 aromatic carbocycles. The quantitative estimate of drug-likeness (QED) is 0.845. The van der Waals surface area contributed by atoms with E-state index in [1.54, 1.807) is 29.7 Å². The van der Waals surface area contributed by atoms with Crippen LogP contribution in [0.15, 0.2) is 22.9 Å². The van der Waals surface area contributed by atoms with E-state index >= 15 is 0 Å². The highest BCUT2D eigenvalue weighted by atomic mass is 32.1. The lowest BCUT2D eigenvalue weighted by Crippen LogP contribution is -2.11. The molecule has 0 aliphatic rings. The summed E-state index contributed by atoms with van der Waals surface area (Å²) in [4.78, 5) is 24.1. The van der Waals surface area contributed by atoms with Gasteiger partial charge in [0.15, 0.2) is 0 Å². The number of rotatable bonds is 4. The van der Waals surface area contributed by atoms with Gasteiger partial charge >= 0.3 is 5.97 Å². The van der Waals surface area contributed by atoms with E-state index in [1.807, 2.05) is 18.4 Å². The van der Waals surface area contributed by atoms with Crippen LogP contribution in [0, 0.1) is 13.8 Å². The van der Waals surface area contributed by atoms with Crippen molar-refractivity contribution >= 4 is 46.3 Å². The van der Waals surface area contributed by atoms with Gasteiger partial charge in [-0.1, -0.05) is 0 Å². The van der Waals surface area contributed by atoms with Crippen LogP contribution in [-0.2, 0) is 4.79 Å². The average molecular weight is 307 g/mol. The highest BCUT2D eigenvalue weighted by Crippen LogP contribution is 2.27. The Morgan fingerprint density at radius 1 is 1.25 bits per heavy atom. The molecule has 2 aromatic rings. The highest BCUT2D eigenvalue weighted by Gasteiger charge is 2.16. The van der Waals surface area contributed by atoms with E-state index in [9.17, 15) is 9.59 Å². The number of carbonyl (C=O) groups is 2. The van der Waals surface area contributed by atoms with Gasteiger partial charge in [-0.05, 0) is 47.9 Å². The van der Waals surface area contributed by atoms with Crippen molar-refractivity contribution in [1.29, 1.82) is 0 Å². The number of anilines is 1. The summed E-state index contributed by atoms with van der Waals surface area (Å²) in [6, 6.07) is 1.98. The molecule has 104 valence electrons. The first-order valence-electron chi connectivity index (χ1n) is 5.83. The Balaban J connectivity index is 2.13. The van der Waals surface area contributed by atoms with Crippen molar-refractivity contribution in [2.24, 2.45) is 0 Å². The van der Waals surface area contributed by atoms with Crippen LogP contribution in [0.5, 0.6) is 0 Å². The summed E-state index contributed by atoms with van der Waals surface area (Å²) in [5.41, 5.74) is 2.23. The van der Waals surface area contributed by atoms with Gasteiger partial charge in [0.05, 0.1) is 5.69 Å². The number of aryl methyl sites for hydroxylation is 2. The van der Waals surface area contributed by atoms with E-state index in [-0.39, 0.29) is 10.8 Å². The molecule has 0 atom stereocenters. The van der Waals surface area contributed by atoms with E-state index in [2.05, 4.69) is 5.32 Å². The van der Waals surface area contributed by atoms with E-state index in [0.717, 1.165) is 27.3 Å². The number of carbonyl (C=O) groups excluding carboxylic acids is 1. The Kier molecular flexibility index (Phi) is 4.36. The van der Waals surface area contributed by atoms with Gasteiger partial charge in [0, 0.05) is 11.0 Å². The molecule has 0 saturated carbocycles. The summed E-state index contributed by atoms with van der Waals surface area (Å²) < 4.78 is 0. The lowest BCUT2D eigenvalue weighted by atomic mass is 10.2. The Bertz CT molecular complexity index is 682. The summed E-state index contributed by atoms with van der Waals surface area (Å²) in [7, 11) is 0. The molecular formula is C14H13NO3S2. The van der Waals surface area contributed by atoms with Crippen molar-refractivity contribution in [1.82, 2.24) is 0 Å². The fraction of sp³-hybridized carbons (Fsp3) is 0.143. The molecule has 20 heavy (non-hydrogen) atoms. The molecule has 0 aliphatic carbocycles. The van der Waals surface area contributed by atoms with Crippen LogP contribution in [0.25, 0.3) is 6.08 Å². The molecule has 6 heteroatoms. The minimum absolute atomic E-state index is 0.150. The second-order valence-electron chi connectivity index (χ2n) is 4.22. The van der Waals surface area contributed by atoms with Crippen LogP contribution in [0.4, 0.5) is 5.69 Å². The molecule has 2 aromatic heterocycles. The standard InChI is InChI=1S/C14H13NO3S2/c1-8-5-6-19-10(8)3-4-11(16)15-12-9(2)7-20-13(12)14(17)18/h3-7H,1-2H3,(H,15,16)(H,17,18)/b4-3+. The molecule has 2 N–H and O–H groups in total. The third-order valence-electron chi connectivity index (χ3n) is 2.71. The number of aromatic carboxylic acids is 1. The van der Waals surface area contributed by atoms with Gasteiger partial charge in [-0.15, -0.1) is 22.7 Å². The monoisotopic (exact) mass is 307 g/mol. The van der Waals surface area contributed by atoms with Crippen LogP contribution >= 0.6 is 22.7 Å². The average Bonchev–Trinajstić information content (AvgIpc) is 2.94. The van der Waals surface area contributed by atoms with Crippen LogP contribution in [-0.4, -0.2) is 17.0 Å². The maximum atomic E-state index is 11.9. The summed E-state index contributed by atoms with van der Waals surface area (Å²) in [5, 5.41) is 15.4. The topological polar surface area (TPSA) is 66.4 Å². The Morgan fingerprint density at radius 3 is 2.60 bits per heavy atom.